The molecule has 3 unspecified atom stereocenters. The van der Waals surface area contributed by atoms with Crippen molar-refractivity contribution in [3.8, 4) is 0 Å². The highest BCUT2D eigenvalue weighted by Gasteiger charge is 2.37. The molecular formula is C22H28FN3O. The number of halogens is 1. The van der Waals surface area contributed by atoms with Gasteiger partial charge in [0.05, 0.1) is 6.04 Å². The molecule has 0 saturated heterocycles. The molecule has 2 aromatic carbocycles. The quantitative estimate of drug-likeness (QED) is 0.564. The third-order valence-corrected chi connectivity index (χ3v) is 5.08. The smallest absolute Gasteiger partial charge is 0.237 e. The molecule has 3 rings (SSSR count). The topological polar surface area (TPSA) is 67.1 Å². The van der Waals surface area contributed by atoms with Gasteiger partial charge in [-0.1, -0.05) is 48.9 Å². The molecule has 0 radical (unpaired) electrons. The van der Waals surface area contributed by atoms with E-state index in [2.05, 4.69) is 34.9 Å². The number of hydrogen-bond acceptors (Lipinski definition) is 3. The molecule has 0 bridgehead atoms. The molecule has 4 N–H and O–H groups in total. The van der Waals surface area contributed by atoms with Crippen LogP contribution in [0.15, 0.2) is 54.6 Å². The summed E-state index contributed by atoms with van der Waals surface area (Å²) in [6.45, 7) is 1.33. The molecular weight excluding hydrogens is 341 g/mol. The van der Waals surface area contributed by atoms with Gasteiger partial charge in [0.25, 0.3) is 0 Å². The first kappa shape index (κ1) is 19.5. The number of rotatable bonds is 10. The van der Waals surface area contributed by atoms with Crippen LogP contribution in [0.2, 0.25) is 0 Å². The van der Waals surface area contributed by atoms with Crippen LogP contribution in [0.5, 0.6) is 0 Å². The molecule has 0 aromatic heterocycles. The van der Waals surface area contributed by atoms with Gasteiger partial charge in [0.15, 0.2) is 0 Å². The number of unbranched alkanes of at least 4 members (excludes halogenated alkanes) is 1. The predicted molar refractivity (Wildman–Crippen MR) is 106 cm³/mol. The second kappa shape index (κ2) is 9.62. The van der Waals surface area contributed by atoms with Crippen molar-refractivity contribution in [3.63, 3.8) is 0 Å². The van der Waals surface area contributed by atoms with Crippen LogP contribution in [-0.4, -0.2) is 24.5 Å². The highest BCUT2D eigenvalue weighted by Crippen LogP contribution is 2.40. The third-order valence-electron chi connectivity index (χ3n) is 5.08. The van der Waals surface area contributed by atoms with Crippen LogP contribution in [0.25, 0.3) is 0 Å². The van der Waals surface area contributed by atoms with E-state index in [1.807, 2.05) is 6.07 Å². The SMILES string of the molecule is NC(CCCCNC1CC1c1ccccc1)C(=O)NCc1ccc(F)cc1. The Labute approximate surface area is 160 Å². The lowest BCUT2D eigenvalue weighted by Gasteiger charge is -2.12. The molecule has 2 aromatic rings. The van der Waals surface area contributed by atoms with Crippen LogP contribution in [0.3, 0.4) is 0 Å². The van der Waals surface area contributed by atoms with Gasteiger partial charge < -0.3 is 16.4 Å². The fourth-order valence-electron chi connectivity index (χ4n) is 3.32. The summed E-state index contributed by atoms with van der Waals surface area (Å²) in [5, 5.41) is 6.40. The van der Waals surface area contributed by atoms with Gasteiger partial charge in [0.1, 0.15) is 5.82 Å². The van der Waals surface area contributed by atoms with Gasteiger partial charge in [0.2, 0.25) is 5.91 Å². The number of amides is 1. The molecule has 0 aliphatic heterocycles. The minimum absolute atomic E-state index is 0.154. The minimum atomic E-state index is -0.497. The molecule has 1 amide bonds. The lowest BCUT2D eigenvalue weighted by molar-refractivity contribution is -0.122. The second-order valence-electron chi connectivity index (χ2n) is 7.26. The standard InChI is InChI=1S/C22H28FN3O/c23-18-11-9-16(10-12-18)15-26-22(27)20(24)8-4-5-13-25-21-14-19(21)17-6-2-1-3-7-17/h1-3,6-7,9-12,19-21,25H,4-5,8,13-15,24H2,(H,26,27). The predicted octanol–water partition coefficient (Wildman–Crippen LogP) is 3.09. The molecule has 4 nitrogen and oxygen atoms in total. The van der Waals surface area contributed by atoms with E-state index < -0.39 is 6.04 Å². The first-order valence-corrected chi connectivity index (χ1v) is 9.69. The molecule has 1 saturated carbocycles. The Morgan fingerprint density at radius 1 is 1.11 bits per heavy atom. The molecule has 0 heterocycles. The Bertz CT molecular complexity index is 720. The van der Waals surface area contributed by atoms with E-state index in [4.69, 9.17) is 5.73 Å². The molecule has 1 aliphatic rings. The van der Waals surface area contributed by atoms with E-state index >= 15 is 0 Å². The van der Waals surface area contributed by atoms with Crippen LogP contribution in [0.4, 0.5) is 4.39 Å². The molecule has 5 heteroatoms. The Morgan fingerprint density at radius 2 is 1.85 bits per heavy atom. The molecule has 1 fully saturated rings. The van der Waals surface area contributed by atoms with Crippen LogP contribution in [0, 0.1) is 5.82 Å². The van der Waals surface area contributed by atoms with Gasteiger partial charge in [-0.15, -0.1) is 0 Å². The van der Waals surface area contributed by atoms with Crippen molar-refractivity contribution in [3.05, 3.63) is 71.5 Å². The first-order chi connectivity index (χ1) is 13.1. The molecule has 27 heavy (non-hydrogen) atoms. The number of hydrogen-bond donors (Lipinski definition) is 3. The van der Waals surface area contributed by atoms with Crippen molar-refractivity contribution < 1.29 is 9.18 Å². The summed E-state index contributed by atoms with van der Waals surface area (Å²) in [7, 11) is 0. The zero-order valence-corrected chi connectivity index (χ0v) is 15.5. The maximum absolute atomic E-state index is 12.9. The third kappa shape index (κ3) is 6.15. The number of nitrogens with one attached hydrogen (secondary N) is 2. The Morgan fingerprint density at radius 3 is 2.59 bits per heavy atom. The van der Waals surface area contributed by atoms with Gasteiger partial charge in [-0.05, 0) is 49.1 Å². The van der Waals surface area contributed by atoms with Gasteiger partial charge in [-0.3, -0.25) is 4.79 Å². The van der Waals surface area contributed by atoms with Gasteiger partial charge in [-0.2, -0.15) is 0 Å². The summed E-state index contributed by atoms with van der Waals surface area (Å²) < 4.78 is 12.9. The van der Waals surface area contributed by atoms with E-state index in [1.165, 1.54) is 24.1 Å². The normalized spacial score (nSPS) is 19.5. The molecule has 144 valence electrons. The van der Waals surface area contributed by atoms with Crippen molar-refractivity contribution in [1.82, 2.24) is 10.6 Å². The monoisotopic (exact) mass is 369 g/mol. The lowest BCUT2D eigenvalue weighted by atomic mass is 10.1. The zero-order valence-electron chi connectivity index (χ0n) is 15.5. The summed E-state index contributed by atoms with van der Waals surface area (Å²) >= 11 is 0. The van der Waals surface area contributed by atoms with Crippen molar-refractivity contribution in [2.45, 2.75) is 50.2 Å². The fraction of sp³-hybridized carbons (Fsp3) is 0.409. The summed E-state index contributed by atoms with van der Waals surface area (Å²) in [5.74, 6) is 0.209. The minimum Gasteiger partial charge on any atom is -0.351 e. The van der Waals surface area contributed by atoms with Gasteiger partial charge in [0, 0.05) is 18.5 Å². The zero-order chi connectivity index (χ0) is 19.1. The average Bonchev–Trinajstić information content (AvgIpc) is 3.47. The average molecular weight is 369 g/mol. The first-order valence-electron chi connectivity index (χ1n) is 9.69. The number of carbonyl (C=O) groups is 1. The van der Waals surface area contributed by atoms with Crippen LogP contribution in [0.1, 0.15) is 42.7 Å². The summed E-state index contributed by atoms with van der Waals surface area (Å²) in [4.78, 5) is 12.0. The van der Waals surface area contributed by atoms with Crippen LogP contribution < -0.4 is 16.4 Å². The van der Waals surface area contributed by atoms with Crippen molar-refractivity contribution in [1.29, 1.82) is 0 Å². The maximum Gasteiger partial charge on any atom is 0.237 e. The van der Waals surface area contributed by atoms with E-state index in [-0.39, 0.29) is 11.7 Å². The molecule has 3 atom stereocenters. The largest absolute Gasteiger partial charge is 0.351 e. The second-order valence-corrected chi connectivity index (χ2v) is 7.26. The number of carbonyl (C=O) groups excluding carboxylic acids is 1. The highest BCUT2D eigenvalue weighted by atomic mass is 19.1. The summed E-state index contributed by atoms with van der Waals surface area (Å²) in [5.41, 5.74) is 8.24. The number of benzene rings is 2. The van der Waals surface area contributed by atoms with Crippen molar-refractivity contribution in [2.24, 2.45) is 5.73 Å². The van der Waals surface area contributed by atoms with Gasteiger partial charge in [-0.25, -0.2) is 4.39 Å². The Kier molecular flexibility index (Phi) is 6.96. The van der Waals surface area contributed by atoms with E-state index in [9.17, 15) is 9.18 Å². The summed E-state index contributed by atoms with van der Waals surface area (Å²) in [6.07, 6.45) is 3.80. The number of nitrogens with two attached hydrogens (primary N) is 1. The van der Waals surface area contributed by atoms with Crippen molar-refractivity contribution >= 4 is 5.91 Å². The molecule has 1 aliphatic carbocycles. The highest BCUT2D eigenvalue weighted by molar-refractivity contribution is 5.81. The van der Waals surface area contributed by atoms with Crippen molar-refractivity contribution in [2.75, 3.05) is 6.54 Å². The fourth-order valence-corrected chi connectivity index (χ4v) is 3.32. The maximum atomic E-state index is 12.9. The Hall–Kier alpha value is -2.24. The van der Waals surface area contributed by atoms with Gasteiger partial charge >= 0.3 is 0 Å². The van der Waals surface area contributed by atoms with E-state index in [0.717, 1.165) is 24.9 Å². The molecule has 0 spiro atoms. The van der Waals surface area contributed by atoms with Crippen LogP contribution >= 0.6 is 0 Å². The summed E-state index contributed by atoms with van der Waals surface area (Å²) in [6, 6.07) is 16.8. The lowest BCUT2D eigenvalue weighted by Crippen LogP contribution is -2.40. The Balaban J connectivity index is 1.25. The van der Waals surface area contributed by atoms with Crippen LogP contribution in [-0.2, 0) is 11.3 Å². The van der Waals surface area contributed by atoms with E-state index in [0.29, 0.717) is 24.9 Å². The van der Waals surface area contributed by atoms with E-state index in [1.54, 1.807) is 12.1 Å².